The smallest absolute Gasteiger partial charge is 0.407 e. The molecule has 3 aromatic heterocycles. The minimum Gasteiger partial charge on any atom is -0.465 e. The number of hydrogen-bond donors (Lipinski definition) is 2. The number of imidazole rings is 1. The molecule has 33 heavy (non-hydrogen) atoms. The van der Waals surface area contributed by atoms with Gasteiger partial charge in [0.2, 0.25) is 0 Å². The zero-order valence-corrected chi connectivity index (χ0v) is 18.7. The standard InChI is InChI=1S/C22H23N5O5S/c1-14(28)20-24-18-12-23-21-17(9-11-26(21)33(31,32)16-7-3-2-4-8-16)19(18)27(20)15-6-5-10-25(13-15)22(29)30/h2-4,7-9,11-12,14-15,28H,5-6,10,13H2,1H3,(H,29,30)/t14-,15-/m1/s1. The van der Waals surface area contributed by atoms with E-state index in [0.29, 0.717) is 41.6 Å². The van der Waals surface area contributed by atoms with Crippen molar-refractivity contribution in [2.45, 2.75) is 36.8 Å². The van der Waals surface area contributed by atoms with Crippen LogP contribution in [0, 0.1) is 0 Å². The van der Waals surface area contributed by atoms with E-state index in [-0.39, 0.29) is 23.1 Å². The SMILES string of the molecule is C[C@@H](O)c1nc2cnc3c(ccn3S(=O)(=O)c3ccccc3)c2n1[C@@H]1CCCN(C(=O)O)C1. The van der Waals surface area contributed by atoms with Gasteiger partial charge in [0.1, 0.15) is 17.4 Å². The summed E-state index contributed by atoms with van der Waals surface area (Å²) in [4.78, 5) is 22.0. The van der Waals surface area contributed by atoms with Crippen LogP contribution in [0.2, 0.25) is 0 Å². The number of carbonyl (C=O) groups is 1. The number of aliphatic hydroxyl groups excluding tert-OH is 1. The zero-order valence-electron chi connectivity index (χ0n) is 17.9. The van der Waals surface area contributed by atoms with Crippen molar-refractivity contribution < 1.29 is 23.4 Å². The van der Waals surface area contributed by atoms with Gasteiger partial charge in [-0.05, 0) is 38.0 Å². The Labute approximate surface area is 189 Å². The molecule has 10 nitrogen and oxygen atoms in total. The highest BCUT2D eigenvalue weighted by atomic mass is 32.2. The fraction of sp³-hybridized carbons (Fsp3) is 0.318. The molecule has 0 unspecified atom stereocenters. The van der Waals surface area contributed by atoms with Crippen LogP contribution in [-0.2, 0) is 10.0 Å². The zero-order chi connectivity index (χ0) is 23.3. The van der Waals surface area contributed by atoms with E-state index in [1.807, 2.05) is 4.57 Å². The van der Waals surface area contributed by atoms with Gasteiger partial charge in [0.25, 0.3) is 10.0 Å². The highest BCUT2D eigenvalue weighted by Crippen LogP contribution is 2.34. The molecule has 0 radical (unpaired) electrons. The first-order chi connectivity index (χ1) is 15.8. The minimum absolute atomic E-state index is 0.145. The van der Waals surface area contributed by atoms with E-state index in [1.54, 1.807) is 31.2 Å². The molecule has 5 rings (SSSR count). The summed E-state index contributed by atoms with van der Waals surface area (Å²) in [7, 11) is -3.87. The summed E-state index contributed by atoms with van der Waals surface area (Å²) in [5.41, 5.74) is 1.39. The number of nitrogens with zero attached hydrogens (tertiary/aromatic N) is 5. The quantitative estimate of drug-likeness (QED) is 0.470. The second-order valence-corrected chi connectivity index (χ2v) is 10.0. The molecule has 1 aliphatic heterocycles. The fourth-order valence-electron chi connectivity index (χ4n) is 4.57. The number of pyridine rings is 1. The predicted octanol–water partition coefficient (Wildman–Crippen LogP) is 2.99. The van der Waals surface area contributed by atoms with E-state index in [4.69, 9.17) is 0 Å². The summed E-state index contributed by atoms with van der Waals surface area (Å²) >= 11 is 0. The highest BCUT2D eigenvalue weighted by Gasteiger charge is 2.30. The summed E-state index contributed by atoms with van der Waals surface area (Å²) in [5.74, 6) is 0.398. The first-order valence-electron chi connectivity index (χ1n) is 10.6. The van der Waals surface area contributed by atoms with E-state index < -0.39 is 22.2 Å². The van der Waals surface area contributed by atoms with Crippen LogP contribution in [-0.4, -0.2) is 61.2 Å². The monoisotopic (exact) mass is 469 g/mol. The molecule has 1 aliphatic rings. The average molecular weight is 470 g/mol. The topological polar surface area (TPSA) is 131 Å². The molecule has 2 atom stereocenters. The molecular formula is C22H23N5O5S. The maximum atomic E-state index is 13.3. The van der Waals surface area contributed by atoms with Crippen molar-refractivity contribution in [3.8, 4) is 0 Å². The number of likely N-dealkylation sites (tertiary alicyclic amines) is 1. The molecule has 172 valence electrons. The van der Waals surface area contributed by atoms with E-state index in [9.17, 15) is 23.4 Å². The van der Waals surface area contributed by atoms with Gasteiger partial charge in [-0.25, -0.2) is 27.2 Å². The number of aliphatic hydroxyl groups is 1. The second-order valence-electron chi connectivity index (χ2n) is 8.20. The van der Waals surface area contributed by atoms with Gasteiger partial charge in [-0.15, -0.1) is 0 Å². The molecule has 0 bridgehead atoms. The molecule has 1 amide bonds. The number of benzene rings is 1. The van der Waals surface area contributed by atoms with Crippen molar-refractivity contribution in [1.82, 2.24) is 23.4 Å². The van der Waals surface area contributed by atoms with Crippen molar-refractivity contribution >= 4 is 38.2 Å². The molecule has 4 heterocycles. The van der Waals surface area contributed by atoms with E-state index in [2.05, 4.69) is 9.97 Å². The Morgan fingerprint density at radius 2 is 1.97 bits per heavy atom. The molecule has 1 fully saturated rings. The van der Waals surface area contributed by atoms with Crippen LogP contribution in [0.5, 0.6) is 0 Å². The molecule has 0 spiro atoms. The molecule has 1 aromatic carbocycles. The number of carboxylic acid groups (broad SMARTS) is 1. The lowest BCUT2D eigenvalue weighted by molar-refractivity contribution is 0.118. The summed E-state index contributed by atoms with van der Waals surface area (Å²) in [6.45, 7) is 2.31. The Bertz CT molecular complexity index is 1460. The summed E-state index contributed by atoms with van der Waals surface area (Å²) in [6.07, 6.45) is 2.45. The Morgan fingerprint density at radius 1 is 1.21 bits per heavy atom. The van der Waals surface area contributed by atoms with Crippen molar-refractivity contribution in [2.24, 2.45) is 0 Å². The summed E-state index contributed by atoms with van der Waals surface area (Å²) in [5, 5.41) is 20.5. The lowest BCUT2D eigenvalue weighted by Crippen LogP contribution is -2.40. The Hall–Kier alpha value is -3.44. The van der Waals surface area contributed by atoms with Gasteiger partial charge in [0, 0.05) is 24.7 Å². The third-order valence-electron chi connectivity index (χ3n) is 6.06. The lowest BCUT2D eigenvalue weighted by atomic mass is 10.0. The van der Waals surface area contributed by atoms with Crippen LogP contribution in [0.1, 0.15) is 37.7 Å². The first kappa shape index (κ1) is 21.4. The van der Waals surface area contributed by atoms with Crippen LogP contribution in [0.15, 0.2) is 53.7 Å². The van der Waals surface area contributed by atoms with Gasteiger partial charge in [-0.2, -0.15) is 0 Å². The number of fused-ring (bicyclic) bond motifs is 3. The number of piperidine rings is 1. The normalized spacial score (nSPS) is 18.1. The Kier molecular flexibility index (Phi) is 5.09. The average Bonchev–Trinajstić information content (AvgIpc) is 3.41. The van der Waals surface area contributed by atoms with E-state index in [0.717, 1.165) is 3.97 Å². The minimum atomic E-state index is -3.87. The van der Waals surface area contributed by atoms with E-state index >= 15 is 0 Å². The van der Waals surface area contributed by atoms with E-state index in [1.165, 1.54) is 29.4 Å². The van der Waals surface area contributed by atoms with Gasteiger partial charge in [-0.1, -0.05) is 18.2 Å². The fourth-order valence-corrected chi connectivity index (χ4v) is 5.89. The number of rotatable bonds is 4. The Morgan fingerprint density at radius 3 is 2.67 bits per heavy atom. The van der Waals surface area contributed by atoms with Crippen LogP contribution in [0.25, 0.3) is 22.1 Å². The van der Waals surface area contributed by atoms with Gasteiger partial charge in [0.05, 0.1) is 22.7 Å². The molecule has 11 heteroatoms. The third kappa shape index (κ3) is 3.44. The van der Waals surface area contributed by atoms with Crippen LogP contribution >= 0.6 is 0 Å². The van der Waals surface area contributed by atoms with Gasteiger partial charge in [-0.3, -0.25) is 0 Å². The predicted molar refractivity (Wildman–Crippen MR) is 121 cm³/mol. The number of amides is 1. The summed E-state index contributed by atoms with van der Waals surface area (Å²) < 4.78 is 29.5. The molecule has 1 saturated heterocycles. The largest absolute Gasteiger partial charge is 0.465 e. The Balaban J connectivity index is 1.73. The van der Waals surface area contributed by atoms with Crippen molar-refractivity contribution in [3.05, 3.63) is 54.6 Å². The van der Waals surface area contributed by atoms with Crippen molar-refractivity contribution in [1.29, 1.82) is 0 Å². The molecule has 0 saturated carbocycles. The van der Waals surface area contributed by atoms with Crippen LogP contribution in [0.3, 0.4) is 0 Å². The maximum absolute atomic E-state index is 13.3. The number of hydrogen-bond acceptors (Lipinski definition) is 6. The van der Waals surface area contributed by atoms with Gasteiger partial charge in [0.15, 0.2) is 5.65 Å². The number of aromatic nitrogens is 4. The van der Waals surface area contributed by atoms with Crippen molar-refractivity contribution in [2.75, 3.05) is 13.1 Å². The molecule has 4 aromatic rings. The van der Waals surface area contributed by atoms with Crippen LogP contribution in [0.4, 0.5) is 4.79 Å². The van der Waals surface area contributed by atoms with Gasteiger partial charge >= 0.3 is 6.09 Å². The second kappa shape index (κ2) is 7.85. The molecule has 0 aliphatic carbocycles. The third-order valence-corrected chi connectivity index (χ3v) is 7.74. The molecular weight excluding hydrogens is 446 g/mol. The summed E-state index contributed by atoms with van der Waals surface area (Å²) in [6, 6.07) is 9.54. The highest BCUT2D eigenvalue weighted by molar-refractivity contribution is 7.90. The first-order valence-corrected chi connectivity index (χ1v) is 12.1. The molecule has 2 N–H and O–H groups in total. The van der Waals surface area contributed by atoms with Gasteiger partial charge < -0.3 is 19.7 Å². The van der Waals surface area contributed by atoms with Crippen molar-refractivity contribution in [3.63, 3.8) is 0 Å². The maximum Gasteiger partial charge on any atom is 0.407 e. The van der Waals surface area contributed by atoms with Crippen LogP contribution < -0.4 is 0 Å². The lowest BCUT2D eigenvalue weighted by Gasteiger charge is -2.33.